The van der Waals surface area contributed by atoms with Crippen LogP contribution in [0, 0.1) is 20.8 Å². The number of fused-ring (bicyclic) bond motifs is 1. The molecule has 108 valence electrons. The molecule has 4 heteroatoms. The first-order valence-corrected chi connectivity index (χ1v) is 6.75. The molecule has 0 saturated carbocycles. The highest BCUT2D eigenvalue weighted by Gasteiger charge is 2.34. The van der Waals surface area contributed by atoms with E-state index in [2.05, 4.69) is 0 Å². The van der Waals surface area contributed by atoms with Gasteiger partial charge in [-0.25, -0.2) is 0 Å². The van der Waals surface area contributed by atoms with Gasteiger partial charge >= 0.3 is 5.97 Å². The normalized spacial score (nSPS) is 20.9. The molecule has 1 aromatic carbocycles. The van der Waals surface area contributed by atoms with E-state index in [9.17, 15) is 9.59 Å². The molecule has 2 rings (SSSR count). The lowest BCUT2D eigenvalue weighted by Gasteiger charge is -2.34. The first-order chi connectivity index (χ1) is 9.29. The van der Waals surface area contributed by atoms with E-state index >= 15 is 0 Å². The monoisotopic (exact) mass is 276 g/mol. The molecule has 4 nitrogen and oxygen atoms in total. The van der Waals surface area contributed by atoms with Crippen molar-refractivity contribution in [3.05, 3.63) is 22.3 Å². The summed E-state index contributed by atoms with van der Waals surface area (Å²) in [6.07, 6.45) is 2.23. The van der Waals surface area contributed by atoms with E-state index in [0.717, 1.165) is 40.7 Å². The van der Waals surface area contributed by atoms with Gasteiger partial charge in [0.25, 0.3) is 0 Å². The number of hydrogen-bond acceptors (Lipinski definition) is 4. The van der Waals surface area contributed by atoms with E-state index in [0.29, 0.717) is 12.2 Å². The fraction of sp³-hybridized carbons (Fsp3) is 0.500. The van der Waals surface area contributed by atoms with E-state index in [4.69, 9.17) is 9.47 Å². The molecule has 0 unspecified atom stereocenters. The second-order valence-electron chi connectivity index (χ2n) is 5.64. The smallest absolute Gasteiger partial charge is 0.308 e. The SMILES string of the molecule is CC(=O)Oc1c(C)c(C)c2c(c1C)CC[C@](C)(C=O)O2. The fourth-order valence-corrected chi connectivity index (χ4v) is 2.63. The maximum atomic E-state index is 11.2. The van der Waals surface area contributed by atoms with Gasteiger partial charge in [0.2, 0.25) is 0 Å². The van der Waals surface area contributed by atoms with Crippen LogP contribution in [0.5, 0.6) is 11.5 Å². The molecule has 0 amide bonds. The van der Waals surface area contributed by atoms with E-state index < -0.39 is 5.60 Å². The van der Waals surface area contributed by atoms with Crippen molar-refractivity contribution < 1.29 is 19.1 Å². The molecule has 0 N–H and O–H groups in total. The molecule has 1 atom stereocenters. The average Bonchev–Trinajstić information content (AvgIpc) is 2.41. The Morgan fingerprint density at radius 3 is 2.45 bits per heavy atom. The van der Waals surface area contributed by atoms with Crippen molar-refractivity contribution in [2.75, 3.05) is 0 Å². The molecule has 1 aliphatic rings. The van der Waals surface area contributed by atoms with Crippen molar-refractivity contribution in [2.24, 2.45) is 0 Å². The van der Waals surface area contributed by atoms with E-state index in [1.165, 1.54) is 6.92 Å². The van der Waals surface area contributed by atoms with Gasteiger partial charge in [-0.2, -0.15) is 0 Å². The van der Waals surface area contributed by atoms with E-state index in [-0.39, 0.29) is 5.97 Å². The van der Waals surface area contributed by atoms with Crippen LogP contribution in [-0.4, -0.2) is 17.9 Å². The summed E-state index contributed by atoms with van der Waals surface area (Å²) in [6.45, 7) is 8.95. The third-order valence-corrected chi connectivity index (χ3v) is 4.01. The summed E-state index contributed by atoms with van der Waals surface area (Å²) >= 11 is 0. The van der Waals surface area contributed by atoms with Crippen LogP contribution < -0.4 is 9.47 Å². The highest BCUT2D eigenvalue weighted by atomic mass is 16.5. The van der Waals surface area contributed by atoms with Crippen molar-refractivity contribution in [3.63, 3.8) is 0 Å². The second kappa shape index (κ2) is 4.93. The van der Waals surface area contributed by atoms with Gasteiger partial charge in [0.1, 0.15) is 11.5 Å². The van der Waals surface area contributed by atoms with Crippen molar-refractivity contribution >= 4 is 12.3 Å². The molecule has 0 aliphatic carbocycles. The predicted molar refractivity (Wildman–Crippen MR) is 75.4 cm³/mol. The molecule has 20 heavy (non-hydrogen) atoms. The molecular weight excluding hydrogens is 256 g/mol. The Hall–Kier alpha value is -1.84. The zero-order valence-corrected chi connectivity index (χ0v) is 12.6. The number of rotatable bonds is 2. The molecule has 1 heterocycles. The Bertz CT molecular complexity index is 589. The summed E-state index contributed by atoms with van der Waals surface area (Å²) in [5, 5.41) is 0. The molecule has 0 spiro atoms. The summed E-state index contributed by atoms with van der Waals surface area (Å²) in [5.74, 6) is 1.05. The second-order valence-corrected chi connectivity index (χ2v) is 5.64. The molecule has 0 radical (unpaired) electrons. The number of aldehydes is 1. The molecule has 0 saturated heterocycles. The van der Waals surface area contributed by atoms with Gasteiger partial charge in [-0.05, 0) is 57.2 Å². The Morgan fingerprint density at radius 2 is 1.90 bits per heavy atom. The third-order valence-electron chi connectivity index (χ3n) is 4.01. The summed E-state index contributed by atoms with van der Waals surface area (Å²) in [5.41, 5.74) is 3.00. The standard InChI is InChI=1S/C16H20O4/c1-9-10(2)15-13(6-7-16(5,8-17)20-15)11(3)14(9)19-12(4)18/h8H,6-7H2,1-5H3/t16-/m1/s1. The summed E-state index contributed by atoms with van der Waals surface area (Å²) in [4.78, 5) is 22.4. The van der Waals surface area contributed by atoms with Gasteiger partial charge in [0, 0.05) is 12.5 Å². The Kier molecular flexibility index (Phi) is 3.59. The third kappa shape index (κ3) is 2.30. The average molecular weight is 276 g/mol. The van der Waals surface area contributed by atoms with Crippen LogP contribution >= 0.6 is 0 Å². The first kappa shape index (κ1) is 14.6. The van der Waals surface area contributed by atoms with Crippen LogP contribution in [0.1, 0.15) is 42.5 Å². The van der Waals surface area contributed by atoms with Gasteiger partial charge in [0.15, 0.2) is 11.9 Å². The minimum Gasteiger partial charge on any atom is -0.480 e. The van der Waals surface area contributed by atoms with E-state index in [1.807, 2.05) is 20.8 Å². The molecule has 0 aromatic heterocycles. The minimum absolute atomic E-state index is 0.329. The number of benzene rings is 1. The van der Waals surface area contributed by atoms with Crippen LogP contribution in [0.15, 0.2) is 0 Å². The fourth-order valence-electron chi connectivity index (χ4n) is 2.63. The maximum absolute atomic E-state index is 11.2. The van der Waals surface area contributed by atoms with Crippen LogP contribution in [0.25, 0.3) is 0 Å². The summed E-state index contributed by atoms with van der Waals surface area (Å²) < 4.78 is 11.2. The Morgan fingerprint density at radius 1 is 1.25 bits per heavy atom. The molecule has 1 aliphatic heterocycles. The highest BCUT2D eigenvalue weighted by molar-refractivity contribution is 5.73. The minimum atomic E-state index is -0.764. The highest BCUT2D eigenvalue weighted by Crippen LogP contribution is 2.43. The van der Waals surface area contributed by atoms with Crippen LogP contribution in [0.4, 0.5) is 0 Å². The number of carbonyl (C=O) groups excluding carboxylic acids is 2. The largest absolute Gasteiger partial charge is 0.480 e. The van der Waals surface area contributed by atoms with Gasteiger partial charge < -0.3 is 9.47 Å². The quantitative estimate of drug-likeness (QED) is 0.473. The zero-order chi connectivity index (χ0) is 15.1. The summed E-state index contributed by atoms with van der Waals surface area (Å²) in [7, 11) is 0. The van der Waals surface area contributed by atoms with Crippen LogP contribution in [-0.2, 0) is 16.0 Å². The van der Waals surface area contributed by atoms with Gasteiger partial charge in [-0.1, -0.05) is 0 Å². The lowest BCUT2D eigenvalue weighted by Crippen LogP contribution is -2.38. The van der Waals surface area contributed by atoms with Gasteiger partial charge in [0.05, 0.1) is 0 Å². The lowest BCUT2D eigenvalue weighted by atomic mass is 9.88. The molecule has 0 fully saturated rings. The first-order valence-electron chi connectivity index (χ1n) is 6.75. The van der Waals surface area contributed by atoms with E-state index in [1.54, 1.807) is 6.92 Å². The summed E-state index contributed by atoms with van der Waals surface area (Å²) in [6, 6.07) is 0. The number of hydrogen-bond donors (Lipinski definition) is 0. The molecular formula is C16H20O4. The maximum Gasteiger partial charge on any atom is 0.308 e. The topological polar surface area (TPSA) is 52.6 Å². The Balaban J connectivity index is 2.59. The van der Waals surface area contributed by atoms with Crippen LogP contribution in [0.3, 0.4) is 0 Å². The van der Waals surface area contributed by atoms with Crippen molar-refractivity contribution in [3.8, 4) is 11.5 Å². The number of ether oxygens (including phenoxy) is 2. The molecule has 0 bridgehead atoms. The number of esters is 1. The van der Waals surface area contributed by atoms with Crippen molar-refractivity contribution in [2.45, 2.75) is 53.1 Å². The lowest BCUT2D eigenvalue weighted by molar-refractivity contribution is -0.132. The van der Waals surface area contributed by atoms with Crippen molar-refractivity contribution in [1.82, 2.24) is 0 Å². The zero-order valence-electron chi connectivity index (χ0n) is 12.6. The van der Waals surface area contributed by atoms with Crippen LogP contribution in [0.2, 0.25) is 0 Å². The number of carbonyl (C=O) groups is 2. The Labute approximate surface area is 119 Å². The van der Waals surface area contributed by atoms with Gasteiger partial charge in [-0.3, -0.25) is 9.59 Å². The van der Waals surface area contributed by atoms with Gasteiger partial charge in [-0.15, -0.1) is 0 Å². The molecule has 1 aromatic rings. The predicted octanol–water partition coefficient (Wildman–Crippen LogP) is 2.82. The van der Waals surface area contributed by atoms with Crippen molar-refractivity contribution in [1.29, 1.82) is 0 Å².